The van der Waals surface area contributed by atoms with Crippen LogP contribution in [0.1, 0.15) is 58.3 Å². The Morgan fingerprint density at radius 1 is 0.793 bits per heavy atom. The molecule has 0 aliphatic rings. The van der Waals surface area contributed by atoms with Gasteiger partial charge in [-0.2, -0.15) is 0 Å². The monoisotopic (exact) mass is 436 g/mol. The van der Waals surface area contributed by atoms with Crippen LogP contribution in [-0.2, 0) is 4.79 Å². The number of hydrogen-bond acceptors (Lipinski definition) is 4. The Kier molecular flexibility index (Phi) is 23.9. The number of unbranched alkanes of at least 4 members (excludes halogenated alkanes) is 1. The van der Waals surface area contributed by atoms with Crippen LogP contribution in [0, 0.1) is 0 Å². The first-order valence-corrected chi connectivity index (χ1v) is 13.3. The molecule has 0 spiro atoms. The van der Waals surface area contributed by atoms with Gasteiger partial charge in [0, 0.05) is 31.0 Å². The lowest BCUT2D eigenvalue weighted by Crippen LogP contribution is -2.25. The Bertz CT molecular complexity index is 511. The van der Waals surface area contributed by atoms with E-state index in [4.69, 9.17) is 5.73 Å². The van der Waals surface area contributed by atoms with Crippen LogP contribution in [0.3, 0.4) is 0 Å². The summed E-state index contributed by atoms with van der Waals surface area (Å²) in [5.41, 5.74) is 5.43. The number of nitrogens with two attached hydrogens (primary N) is 1. The van der Waals surface area contributed by atoms with E-state index in [1.165, 1.54) is 0 Å². The summed E-state index contributed by atoms with van der Waals surface area (Å²) in [6.45, 7) is 3.60. The van der Waals surface area contributed by atoms with Gasteiger partial charge in [-0.15, -0.1) is 0 Å². The quantitative estimate of drug-likeness (QED) is 0.140. The van der Waals surface area contributed by atoms with Crippen molar-refractivity contribution in [2.45, 2.75) is 58.3 Å². The lowest BCUT2D eigenvalue weighted by molar-refractivity contribution is -0.121. The number of hydrogen-bond donors (Lipinski definition) is 2. The fourth-order valence-corrected chi connectivity index (χ4v) is 4.00. The first-order valence-electron chi connectivity index (χ1n) is 10.8. The highest BCUT2D eigenvalue weighted by molar-refractivity contribution is 8.76. The first-order chi connectivity index (χ1) is 14.3. The largest absolute Gasteiger partial charge is 0.355 e. The van der Waals surface area contributed by atoms with E-state index in [9.17, 15) is 4.79 Å². The lowest BCUT2D eigenvalue weighted by atomic mass is 10.2. The van der Waals surface area contributed by atoms with E-state index in [1.807, 2.05) is 0 Å². The predicted octanol–water partition coefficient (Wildman–Crippen LogP) is 6.36. The number of carbonyl (C=O) groups excluding carboxylic acids is 1. The van der Waals surface area contributed by atoms with Crippen LogP contribution < -0.4 is 11.1 Å². The molecule has 3 N–H and O–H groups in total. The van der Waals surface area contributed by atoms with Gasteiger partial charge in [-0.05, 0) is 44.9 Å². The molecule has 0 heterocycles. The van der Waals surface area contributed by atoms with E-state index in [0.717, 1.165) is 63.0 Å². The molecule has 5 heteroatoms. The van der Waals surface area contributed by atoms with Crippen LogP contribution in [0.25, 0.3) is 0 Å². The minimum absolute atomic E-state index is 0.154. The van der Waals surface area contributed by atoms with Gasteiger partial charge in [0.15, 0.2) is 0 Å². The maximum atomic E-state index is 11.7. The van der Waals surface area contributed by atoms with E-state index >= 15 is 0 Å². The van der Waals surface area contributed by atoms with Crippen LogP contribution in [0.15, 0.2) is 60.8 Å². The summed E-state index contributed by atoms with van der Waals surface area (Å²) in [5, 5.41) is 2.96. The molecule has 29 heavy (non-hydrogen) atoms. The summed E-state index contributed by atoms with van der Waals surface area (Å²) < 4.78 is 0. The Morgan fingerprint density at radius 3 is 1.86 bits per heavy atom. The smallest absolute Gasteiger partial charge is 0.220 e. The zero-order valence-electron chi connectivity index (χ0n) is 18.1. The van der Waals surface area contributed by atoms with Crippen molar-refractivity contribution >= 4 is 27.5 Å². The van der Waals surface area contributed by atoms with Gasteiger partial charge in [-0.25, -0.2) is 0 Å². The molecule has 0 rings (SSSR count). The summed E-state index contributed by atoms with van der Waals surface area (Å²) >= 11 is 0. The number of allylic oxidation sites excluding steroid dienone is 10. The van der Waals surface area contributed by atoms with Crippen molar-refractivity contribution in [1.29, 1.82) is 0 Å². The number of carbonyl (C=O) groups is 1. The van der Waals surface area contributed by atoms with Gasteiger partial charge in [0.25, 0.3) is 0 Å². The third-order valence-electron chi connectivity index (χ3n) is 3.72. The third kappa shape index (κ3) is 24.8. The van der Waals surface area contributed by atoms with E-state index in [1.54, 1.807) is 21.6 Å². The fourth-order valence-electron chi connectivity index (χ4n) is 2.24. The zero-order chi connectivity index (χ0) is 21.3. The van der Waals surface area contributed by atoms with Crippen molar-refractivity contribution in [2.24, 2.45) is 5.73 Å². The second-order valence-electron chi connectivity index (χ2n) is 6.38. The second-order valence-corrected chi connectivity index (χ2v) is 9.09. The second kappa shape index (κ2) is 24.9. The molecule has 0 aromatic heterocycles. The molecule has 0 aromatic carbocycles. The molecule has 0 atom stereocenters. The van der Waals surface area contributed by atoms with Gasteiger partial charge < -0.3 is 11.1 Å². The summed E-state index contributed by atoms with van der Waals surface area (Å²) in [5.74, 6) is 2.05. The molecule has 0 unspecified atom stereocenters. The SMILES string of the molecule is CCC=CCC=CCC=CCC=CCC=CCCCC(=O)NCCSSCCN. The van der Waals surface area contributed by atoms with Crippen molar-refractivity contribution < 1.29 is 4.79 Å². The Labute approximate surface area is 186 Å². The van der Waals surface area contributed by atoms with Crippen molar-refractivity contribution in [3.05, 3.63) is 60.8 Å². The molecule has 0 bridgehead atoms. The van der Waals surface area contributed by atoms with Gasteiger partial charge in [0.05, 0.1) is 0 Å². The highest BCUT2D eigenvalue weighted by Gasteiger charge is 1.99. The Balaban J connectivity index is 3.47. The maximum absolute atomic E-state index is 11.7. The van der Waals surface area contributed by atoms with E-state index in [-0.39, 0.29) is 5.91 Å². The van der Waals surface area contributed by atoms with Gasteiger partial charge in [-0.1, -0.05) is 89.3 Å². The molecule has 0 aromatic rings. The lowest BCUT2D eigenvalue weighted by Gasteiger charge is -2.03. The molecule has 0 aliphatic carbocycles. The minimum Gasteiger partial charge on any atom is -0.355 e. The van der Waals surface area contributed by atoms with Crippen LogP contribution in [-0.4, -0.2) is 30.5 Å². The molecule has 164 valence electrons. The molecule has 0 saturated carbocycles. The molecule has 3 nitrogen and oxygen atoms in total. The van der Waals surface area contributed by atoms with E-state index < -0.39 is 0 Å². The van der Waals surface area contributed by atoms with Crippen LogP contribution in [0.5, 0.6) is 0 Å². The normalized spacial score (nSPS) is 12.5. The molecular weight excluding hydrogens is 396 g/mol. The maximum Gasteiger partial charge on any atom is 0.220 e. The molecule has 0 radical (unpaired) electrons. The van der Waals surface area contributed by atoms with Gasteiger partial charge in [0.1, 0.15) is 0 Å². The average molecular weight is 437 g/mol. The number of nitrogens with one attached hydrogen (secondary N) is 1. The van der Waals surface area contributed by atoms with Crippen LogP contribution in [0.4, 0.5) is 0 Å². The van der Waals surface area contributed by atoms with Gasteiger partial charge in [0.2, 0.25) is 5.91 Å². The molecule has 1 amide bonds. The molecule has 0 fully saturated rings. The predicted molar refractivity (Wildman–Crippen MR) is 135 cm³/mol. The highest BCUT2D eigenvalue weighted by Crippen LogP contribution is 2.18. The zero-order valence-corrected chi connectivity index (χ0v) is 19.7. The minimum atomic E-state index is 0.154. The Hall–Kier alpha value is -1.17. The standard InChI is InChI=1S/C24H40N2OS2/c1-2-3-4-5-6-7-8-9-10-11-12-13-14-15-16-17-18-19-24(27)26-21-23-29-28-22-20-25/h3-4,6-7,9-10,12-13,15-16H,2,5,8,11,14,17-23,25H2,1H3,(H,26,27). The van der Waals surface area contributed by atoms with Gasteiger partial charge >= 0.3 is 0 Å². The average Bonchev–Trinajstić information content (AvgIpc) is 2.73. The van der Waals surface area contributed by atoms with Crippen molar-refractivity contribution in [1.82, 2.24) is 5.32 Å². The summed E-state index contributed by atoms with van der Waals surface area (Å²) in [7, 11) is 3.53. The number of amides is 1. The Morgan fingerprint density at radius 2 is 1.31 bits per heavy atom. The van der Waals surface area contributed by atoms with E-state index in [0.29, 0.717) is 13.0 Å². The first kappa shape index (κ1) is 27.8. The summed E-state index contributed by atoms with van der Waals surface area (Å²) in [6.07, 6.45) is 29.6. The molecular formula is C24H40N2OS2. The third-order valence-corrected chi connectivity index (χ3v) is 6.16. The van der Waals surface area contributed by atoms with Gasteiger partial charge in [-0.3, -0.25) is 4.79 Å². The fraction of sp³-hybridized carbons (Fsp3) is 0.542. The molecule has 0 aliphatic heterocycles. The summed E-state index contributed by atoms with van der Waals surface area (Å²) in [4.78, 5) is 11.7. The van der Waals surface area contributed by atoms with Crippen molar-refractivity contribution in [3.63, 3.8) is 0 Å². The highest BCUT2D eigenvalue weighted by atomic mass is 33.1. The van der Waals surface area contributed by atoms with Crippen LogP contribution in [0.2, 0.25) is 0 Å². The van der Waals surface area contributed by atoms with E-state index in [2.05, 4.69) is 73.0 Å². The van der Waals surface area contributed by atoms with Crippen molar-refractivity contribution in [3.8, 4) is 0 Å². The van der Waals surface area contributed by atoms with Crippen molar-refractivity contribution in [2.75, 3.05) is 24.6 Å². The topological polar surface area (TPSA) is 55.1 Å². The summed E-state index contributed by atoms with van der Waals surface area (Å²) in [6, 6.07) is 0. The number of rotatable bonds is 19. The molecule has 0 saturated heterocycles. The van der Waals surface area contributed by atoms with Crippen LogP contribution >= 0.6 is 21.6 Å².